The Kier molecular flexibility index (Phi) is 6.28. The van der Waals surface area contributed by atoms with E-state index in [1.165, 1.54) is 29.5 Å². The molecule has 30 heavy (non-hydrogen) atoms. The van der Waals surface area contributed by atoms with Crippen LogP contribution in [0.1, 0.15) is 43.7 Å². The van der Waals surface area contributed by atoms with Crippen LogP contribution in [0.5, 0.6) is 0 Å². The minimum atomic E-state index is -4.59. The van der Waals surface area contributed by atoms with Crippen LogP contribution in [0.2, 0.25) is 0 Å². The van der Waals surface area contributed by atoms with Crippen molar-refractivity contribution in [1.29, 1.82) is 0 Å². The number of carbonyl (C=O) groups excluding carboxylic acids is 1. The second-order valence-electron chi connectivity index (χ2n) is 7.06. The van der Waals surface area contributed by atoms with Crippen molar-refractivity contribution in [1.82, 2.24) is 10.3 Å². The van der Waals surface area contributed by atoms with E-state index in [2.05, 4.69) is 10.3 Å². The summed E-state index contributed by atoms with van der Waals surface area (Å²) in [5, 5.41) is 13.5. The van der Waals surface area contributed by atoms with E-state index in [4.69, 9.17) is 0 Å². The molecule has 1 atom stereocenters. The number of thiazole rings is 1. The molecule has 0 spiro atoms. The first kappa shape index (κ1) is 22.0. The van der Waals surface area contributed by atoms with Crippen LogP contribution >= 0.6 is 11.3 Å². The first-order chi connectivity index (χ1) is 14.1. The Balaban J connectivity index is 1.76. The largest absolute Gasteiger partial charge is 0.416 e. The van der Waals surface area contributed by atoms with Gasteiger partial charge < -0.3 is 10.4 Å². The van der Waals surface area contributed by atoms with Gasteiger partial charge in [-0.25, -0.2) is 4.98 Å². The minimum absolute atomic E-state index is 0.276. The van der Waals surface area contributed by atoms with Crippen LogP contribution < -0.4 is 5.32 Å². The van der Waals surface area contributed by atoms with Crippen molar-refractivity contribution in [2.75, 3.05) is 6.54 Å². The summed E-state index contributed by atoms with van der Waals surface area (Å²) in [7, 11) is 0. The van der Waals surface area contributed by atoms with E-state index < -0.39 is 23.8 Å². The number of rotatable bonds is 5. The standard InChI is InChI=1S/C22H21F3N2O2S/c1-12-8-9-15(13(2)10-12)21-27-14(3)19(30-21)20(29)26-11-18(28)16-6-4-5-7-17(16)22(23,24)25/h4-10,18,28H,11H2,1-3H3,(H,26,29). The smallest absolute Gasteiger partial charge is 0.387 e. The lowest BCUT2D eigenvalue weighted by Crippen LogP contribution is -2.29. The fourth-order valence-corrected chi connectivity index (χ4v) is 4.27. The van der Waals surface area contributed by atoms with E-state index in [1.54, 1.807) is 6.92 Å². The van der Waals surface area contributed by atoms with Crippen LogP contribution in [0.4, 0.5) is 13.2 Å². The third kappa shape index (κ3) is 4.71. The van der Waals surface area contributed by atoms with E-state index in [1.807, 2.05) is 32.0 Å². The molecule has 158 valence electrons. The fourth-order valence-electron chi connectivity index (χ4n) is 3.20. The van der Waals surface area contributed by atoms with Gasteiger partial charge in [-0.05, 0) is 38.0 Å². The van der Waals surface area contributed by atoms with Gasteiger partial charge in [0.1, 0.15) is 9.88 Å². The van der Waals surface area contributed by atoms with Crippen LogP contribution in [-0.4, -0.2) is 22.5 Å². The molecule has 0 saturated carbocycles. The molecule has 0 radical (unpaired) electrons. The lowest BCUT2D eigenvalue weighted by atomic mass is 10.0. The molecule has 0 aliphatic heterocycles. The molecule has 8 heteroatoms. The Bertz CT molecular complexity index is 1080. The molecule has 1 heterocycles. The average Bonchev–Trinajstić information content (AvgIpc) is 3.06. The predicted molar refractivity (Wildman–Crippen MR) is 110 cm³/mol. The molecule has 0 saturated heterocycles. The second-order valence-corrected chi connectivity index (χ2v) is 8.06. The van der Waals surface area contributed by atoms with Crippen molar-refractivity contribution in [3.05, 3.63) is 75.3 Å². The Morgan fingerprint density at radius 3 is 2.53 bits per heavy atom. The number of aromatic nitrogens is 1. The molecule has 3 aromatic rings. The van der Waals surface area contributed by atoms with Crippen molar-refractivity contribution in [2.45, 2.75) is 33.1 Å². The maximum absolute atomic E-state index is 13.1. The number of nitrogens with one attached hydrogen (secondary N) is 1. The van der Waals surface area contributed by atoms with E-state index in [9.17, 15) is 23.1 Å². The SMILES string of the molecule is Cc1ccc(-c2nc(C)c(C(=O)NCC(O)c3ccccc3C(F)(F)F)s2)c(C)c1. The van der Waals surface area contributed by atoms with Crippen LogP contribution in [0.25, 0.3) is 10.6 Å². The van der Waals surface area contributed by atoms with Gasteiger partial charge in [-0.15, -0.1) is 11.3 Å². The number of aliphatic hydroxyl groups excluding tert-OH is 1. The summed E-state index contributed by atoms with van der Waals surface area (Å²) in [4.78, 5) is 17.4. The van der Waals surface area contributed by atoms with E-state index in [-0.39, 0.29) is 12.1 Å². The highest BCUT2D eigenvalue weighted by molar-refractivity contribution is 7.17. The summed E-state index contributed by atoms with van der Waals surface area (Å²) in [6.07, 6.45) is -6.07. The number of benzene rings is 2. The fraction of sp³-hybridized carbons (Fsp3) is 0.273. The van der Waals surface area contributed by atoms with Gasteiger partial charge >= 0.3 is 6.18 Å². The van der Waals surface area contributed by atoms with Crippen LogP contribution in [0.15, 0.2) is 42.5 Å². The zero-order chi connectivity index (χ0) is 22.1. The lowest BCUT2D eigenvalue weighted by molar-refractivity contribution is -0.139. The summed E-state index contributed by atoms with van der Waals surface area (Å²) in [6.45, 7) is 5.31. The van der Waals surface area contributed by atoms with Gasteiger partial charge in [0.15, 0.2) is 0 Å². The number of carbonyl (C=O) groups is 1. The number of halogens is 3. The summed E-state index contributed by atoms with van der Waals surface area (Å²) in [5.74, 6) is -0.482. The van der Waals surface area contributed by atoms with E-state index in [0.717, 1.165) is 22.8 Å². The Morgan fingerprint density at radius 1 is 1.17 bits per heavy atom. The maximum atomic E-state index is 13.1. The first-order valence-corrected chi connectivity index (χ1v) is 10.1. The Morgan fingerprint density at radius 2 is 1.87 bits per heavy atom. The zero-order valence-electron chi connectivity index (χ0n) is 16.7. The Hall–Kier alpha value is -2.71. The summed E-state index contributed by atoms with van der Waals surface area (Å²) >= 11 is 1.21. The third-order valence-electron chi connectivity index (χ3n) is 4.70. The molecule has 2 aromatic carbocycles. The first-order valence-electron chi connectivity index (χ1n) is 9.25. The van der Waals surface area contributed by atoms with Crippen LogP contribution in [0, 0.1) is 20.8 Å². The molecule has 4 nitrogen and oxygen atoms in total. The molecule has 1 aromatic heterocycles. The molecule has 0 aliphatic rings. The normalized spacial score (nSPS) is 12.6. The molecule has 1 amide bonds. The number of hydrogen-bond donors (Lipinski definition) is 2. The number of alkyl halides is 3. The summed E-state index contributed by atoms with van der Waals surface area (Å²) in [6, 6.07) is 10.7. The molecule has 3 rings (SSSR count). The number of hydrogen-bond acceptors (Lipinski definition) is 4. The van der Waals surface area contributed by atoms with Crippen LogP contribution in [0.3, 0.4) is 0 Å². The number of aryl methyl sites for hydroxylation is 3. The molecule has 0 fully saturated rings. The van der Waals surface area contributed by atoms with Gasteiger partial charge in [-0.3, -0.25) is 4.79 Å². The van der Waals surface area contributed by atoms with Gasteiger partial charge in [0, 0.05) is 12.1 Å². The van der Waals surface area contributed by atoms with Crippen molar-refractivity contribution in [3.8, 4) is 10.6 Å². The topological polar surface area (TPSA) is 62.2 Å². The Labute approximate surface area is 176 Å². The van der Waals surface area contributed by atoms with Crippen molar-refractivity contribution in [3.63, 3.8) is 0 Å². The van der Waals surface area contributed by atoms with Gasteiger partial charge in [-0.2, -0.15) is 13.2 Å². The predicted octanol–water partition coefficient (Wildman–Crippen LogP) is 5.22. The summed E-state index contributed by atoms with van der Waals surface area (Å²) in [5.41, 5.74) is 2.41. The maximum Gasteiger partial charge on any atom is 0.416 e. The minimum Gasteiger partial charge on any atom is -0.387 e. The van der Waals surface area contributed by atoms with E-state index in [0.29, 0.717) is 15.6 Å². The quantitative estimate of drug-likeness (QED) is 0.579. The summed E-state index contributed by atoms with van der Waals surface area (Å²) < 4.78 is 39.4. The van der Waals surface area contributed by atoms with Gasteiger partial charge in [-0.1, -0.05) is 42.0 Å². The monoisotopic (exact) mass is 434 g/mol. The molecule has 2 N–H and O–H groups in total. The third-order valence-corrected chi connectivity index (χ3v) is 5.89. The lowest BCUT2D eigenvalue weighted by Gasteiger charge is -2.17. The van der Waals surface area contributed by atoms with Crippen molar-refractivity contribution >= 4 is 17.2 Å². The zero-order valence-corrected chi connectivity index (χ0v) is 17.5. The average molecular weight is 434 g/mol. The molecule has 0 aliphatic carbocycles. The molecular formula is C22H21F3N2O2S. The number of aliphatic hydroxyl groups is 1. The molecule has 1 unspecified atom stereocenters. The highest BCUT2D eigenvalue weighted by atomic mass is 32.1. The number of nitrogens with zero attached hydrogens (tertiary/aromatic N) is 1. The van der Waals surface area contributed by atoms with E-state index >= 15 is 0 Å². The molecular weight excluding hydrogens is 413 g/mol. The number of amides is 1. The van der Waals surface area contributed by atoms with Crippen molar-refractivity contribution < 1.29 is 23.1 Å². The van der Waals surface area contributed by atoms with Gasteiger partial charge in [0.2, 0.25) is 0 Å². The van der Waals surface area contributed by atoms with Crippen LogP contribution in [-0.2, 0) is 6.18 Å². The highest BCUT2D eigenvalue weighted by Crippen LogP contribution is 2.34. The van der Waals surface area contributed by atoms with Gasteiger partial charge in [0.05, 0.1) is 17.4 Å². The highest BCUT2D eigenvalue weighted by Gasteiger charge is 2.34. The van der Waals surface area contributed by atoms with Gasteiger partial charge in [0.25, 0.3) is 5.91 Å². The molecule has 0 bridgehead atoms. The van der Waals surface area contributed by atoms with Crippen molar-refractivity contribution in [2.24, 2.45) is 0 Å². The second kappa shape index (κ2) is 8.57.